The van der Waals surface area contributed by atoms with Crippen molar-refractivity contribution < 1.29 is 5.11 Å². The molecule has 0 bridgehead atoms. The van der Waals surface area contributed by atoms with E-state index in [4.69, 9.17) is 5.73 Å². The number of aliphatic hydroxyl groups is 1. The molecule has 0 amide bonds. The Hall–Kier alpha value is -0.860. The molecule has 88 valence electrons. The summed E-state index contributed by atoms with van der Waals surface area (Å²) in [6.07, 6.45) is -0.518. The van der Waals surface area contributed by atoms with Crippen molar-refractivity contribution in [3.8, 4) is 0 Å². The lowest BCUT2D eigenvalue weighted by Gasteiger charge is -2.07. The third kappa shape index (κ3) is 7.11. The van der Waals surface area contributed by atoms with E-state index in [1.165, 1.54) is 5.56 Å². The quantitative estimate of drug-likeness (QED) is 0.790. The first-order valence-electron chi connectivity index (χ1n) is 5.68. The Bertz CT molecular complexity index is 218. The van der Waals surface area contributed by atoms with Crippen LogP contribution in [0.25, 0.3) is 0 Å². The van der Waals surface area contributed by atoms with Crippen LogP contribution in [0.3, 0.4) is 0 Å². The average molecular weight is 211 g/mol. The maximum atomic E-state index is 9.30. The Balaban J connectivity index is 0. The van der Waals surface area contributed by atoms with Crippen molar-refractivity contribution in [3.63, 3.8) is 0 Å². The van der Waals surface area contributed by atoms with E-state index in [1.807, 2.05) is 58.9 Å². The van der Waals surface area contributed by atoms with Gasteiger partial charge in [0.2, 0.25) is 0 Å². The van der Waals surface area contributed by atoms with E-state index >= 15 is 0 Å². The molecule has 0 saturated heterocycles. The third-order valence-corrected chi connectivity index (χ3v) is 1.69. The fourth-order valence-corrected chi connectivity index (χ4v) is 0.925. The van der Waals surface area contributed by atoms with Gasteiger partial charge in [-0.15, -0.1) is 0 Å². The van der Waals surface area contributed by atoms with Gasteiger partial charge < -0.3 is 10.8 Å². The predicted molar refractivity (Wildman–Crippen MR) is 67.9 cm³/mol. The molecule has 0 fully saturated rings. The molecule has 2 nitrogen and oxygen atoms in total. The van der Waals surface area contributed by atoms with Crippen molar-refractivity contribution in [3.05, 3.63) is 35.4 Å². The Labute approximate surface area is 94.1 Å². The molecule has 0 aliphatic carbocycles. The minimum atomic E-state index is -0.518. The Kier molecular flexibility index (Phi) is 12.4. The van der Waals surface area contributed by atoms with Crippen molar-refractivity contribution >= 4 is 0 Å². The van der Waals surface area contributed by atoms with Crippen molar-refractivity contribution in [2.45, 2.75) is 40.7 Å². The second-order valence-electron chi connectivity index (χ2n) is 2.66. The fraction of sp³-hybridized carbons (Fsp3) is 0.538. The summed E-state index contributed by atoms with van der Waals surface area (Å²) in [6.45, 7) is 10.3. The normalized spacial score (nSPS) is 10.3. The molecular formula is C13H25NO. The molecule has 0 aromatic heterocycles. The molecule has 1 atom stereocenters. The van der Waals surface area contributed by atoms with Gasteiger partial charge in [-0.05, 0) is 12.5 Å². The summed E-state index contributed by atoms with van der Waals surface area (Å²) in [5.74, 6) is 0. The molecule has 15 heavy (non-hydrogen) atoms. The number of hydrogen-bond acceptors (Lipinski definition) is 2. The van der Waals surface area contributed by atoms with E-state index in [1.54, 1.807) is 0 Å². The molecule has 3 N–H and O–H groups in total. The number of aryl methyl sites for hydroxylation is 1. The summed E-state index contributed by atoms with van der Waals surface area (Å²) in [6, 6.07) is 7.72. The lowest BCUT2D eigenvalue weighted by Crippen LogP contribution is -2.11. The fourth-order valence-electron chi connectivity index (χ4n) is 0.925. The number of hydrogen-bond donors (Lipinski definition) is 2. The van der Waals surface area contributed by atoms with Gasteiger partial charge in [0.05, 0.1) is 6.10 Å². The molecular weight excluding hydrogens is 186 g/mol. The zero-order valence-electron chi connectivity index (χ0n) is 10.6. The van der Waals surface area contributed by atoms with Crippen molar-refractivity contribution in [2.24, 2.45) is 5.73 Å². The zero-order chi connectivity index (χ0) is 12.3. The molecule has 0 spiro atoms. The summed E-state index contributed by atoms with van der Waals surface area (Å²) in [4.78, 5) is 0. The van der Waals surface area contributed by atoms with Gasteiger partial charge in [-0.2, -0.15) is 0 Å². The summed E-state index contributed by atoms with van der Waals surface area (Å²) < 4.78 is 0. The number of nitrogens with two attached hydrogens (primary N) is 1. The van der Waals surface area contributed by atoms with E-state index in [2.05, 4.69) is 0 Å². The average Bonchev–Trinajstić information content (AvgIpc) is 2.34. The number of benzene rings is 1. The maximum absolute atomic E-state index is 9.30. The summed E-state index contributed by atoms with van der Waals surface area (Å²) in [5, 5.41) is 9.30. The molecule has 1 unspecified atom stereocenters. The predicted octanol–water partition coefficient (Wildman–Crippen LogP) is 3.04. The first-order chi connectivity index (χ1) is 7.24. The van der Waals surface area contributed by atoms with Crippen LogP contribution in [0.5, 0.6) is 0 Å². The highest BCUT2D eigenvalue weighted by Gasteiger charge is 2.02. The molecule has 1 aromatic rings. The van der Waals surface area contributed by atoms with Gasteiger partial charge in [0.25, 0.3) is 0 Å². The summed E-state index contributed by atoms with van der Waals surface area (Å²) >= 11 is 0. The van der Waals surface area contributed by atoms with Gasteiger partial charge in [0.15, 0.2) is 0 Å². The van der Waals surface area contributed by atoms with Crippen molar-refractivity contribution in [2.75, 3.05) is 6.54 Å². The van der Waals surface area contributed by atoms with Gasteiger partial charge >= 0.3 is 0 Å². The number of rotatable bonds is 2. The van der Waals surface area contributed by atoms with E-state index < -0.39 is 6.10 Å². The SMILES string of the molecule is CC.CC.Cc1ccc(C(O)CN)cc1. The molecule has 0 aliphatic rings. The lowest BCUT2D eigenvalue weighted by atomic mass is 10.1. The topological polar surface area (TPSA) is 46.2 Å². The van der Waals surface area contributed by atoms with Crippen LogP contribution in [-0.2, 0) is 0 Å². The molecule has 1 aromatic carbocycles. The van der Waals surface area contributed by atoms with E-state index in [0.29, 0.717) is 0 Å². The zero-order valence-corrected chi connectivity index (χ0v) is 10.6. The lowest BCUT2D eigenvalue weighted by molar-refractivity contribution is 0.187. The molecule has 0 heterocycles. The second kappa shape index (κ2) is 11.2. The smallest absolute Gasteiger partial charge is 0.0912 e. The van der Waals surface area contributed by atoms with Crippen LogP contribution < -0.4 is 5.73 Å². The van der Waals surface area contributed by atoms with Crippen LogP contribution in [0.4, 0.5) is 0 Å². The minimum absolute atomic E-state index is 0.281. The van der Waals surface area contributed by atoms with E-state index in [-0.39, 0.29) is 6.54 Å². The van der Waals surface area contributed by atoms with Gasteiger partial charge in [0.1, 0.15) is 0 Å². The summed E-state index contributed by atoms with van der Waals surface area (Å²) in [5.41, 5.74) is 7.37. The van der Waals surface area contributed by atoms with Crippen molar-refractivity contribution in [1.82, 2.24) is 0 Å². The Morgan fingerprint density at radius 2 is 1.47 bits per heavy atom. The maximum Gasteiger partial charge on any atom is 0.0912 e. The standard InChI is InChI=1S/C9H13NO.2C2H6/c1-7-2-4-8(5-3-7)9(11)6-10;2*1-2/h2-5,9,11H,6,10H2,1H3;2*1-2H3. The van der Waals surface area contributed by atoms with Gasteiger partial charge in [0, 0.05) is 6.54 Å². The highest BCUT2D eigenvalue weighted by atomic mass is 16.3. The van der Waals surface area contributed by atoms with Gasteiger partial charge in [-0.3, -0.25) is 0 Å². The Morgan fingerprint density at radius 3 is 1.80 bits per heavy atom. The van der Waals surface area contributed by atoms with Crippen LogP contribution in [0.15, 0.2) is 24.3 Å². The van der Waals surface area contributed by atoms with Gasteiger partial charge in [-0.1, -0.05) is 57.5 Å². The second-order valence-corrected chi connectivity index (χ2v) is 2.66. The largest absolute Gasteiger partial charge is 0.387 e. The van der Waals surface area contributed by atoms with Gasteiger partial charge in [-0.25, -0.2) is 0 Å². The monoisotopic (exact) mass is 211 g/mol. The van der Waals surface area contributed by atoms with Crippen LogP contribution in [0, 0.1) is 6.92 Å². The molecule has 0 radical (unpaired) electrons. The van der Waals surface area contributed by atoms with E-state index in [9.17, 15) is 5.11 Å². The highest BCUT2D eigenvalue weighted by Crippen LogP contribution is 2.11. The third-order valence-electron chi connectivity index (χ3n) is 1.69. The summed E-state index contributed by atoms with van der Waals surface area (Å²) in [7, 11) is 0. The van der Waals surface area contributed by atoms with Crippen LogP contribution in [0.1, 0.15) is 44.9 Å². The highest BCUT2D eigenvalue weighted by molar-refractivity contribution is 5.23. The van der Waals surface area contributed by atoms with Crippen LogP contribution in [-0.4, -0.2) is 11.7 Å². The molecule has 1 rings (SSSR count). The Morgan fingerprint density at radius 1 is 1.07 bits per heavy atom. The van der Waals surface area contributed by atoms with Crippen LogP contribution >= 0.6 is 0 Å². The van der Waals surface area contributed by atoms with Crippen molar-refractivity contribution in [1.29, 1.82) is 0 Å². The first kappa shape index (κ1) is 16.6. The molecule has 0 saturated carbocycles. The van der Waals surface area contributed by atoms with Crippen LogP contribution in [0.2, 0.25) is 0 Å². The number of aliphatic hydroxyl groups excluding tert-OH is 1. The minimum Gasteiger partial charge on any atom is -0.387 e. The first-order valence-corrected chi connectivity index (χ1v) is 5.68. The van der Waals surface area contributed by atoms with E-state index in [0.717, 1.165) is 5.56 Å². The molecule has 0 aliphatic heterocycles. The molecule has 2 heteroatoms.